The minimum atomic E-state index is 0.668. The second kappa shape index (κ2) is 11.7. The summed E-state index contributed by atoms with van der Waals surface area (Å²) in [5, 5.41) is 4.37. The lowest BCUT2D eigenvalue weighted by atomic mass is 10.00. The quantitative estimate of drug-likeness (QED) is 0.191. The average Bonchev–Trinajstić information content (AvgIpc) is 2.93. The normalized spacial score (nSPS) is 13.2. The van der Waals surface area contributed by atoms with Crippen molar-refractivity contribution < 1.29 is 0 Å². The topological polar surface area (TPSA) is 49.6 Å². The van der Waals surface area contributed by atoms with Crippen LogP contribution in [0.15, 0.2) is 125 Å². The fourth-order valence-electron chi connectivity index (χ4n) is 3.90. The molecular weight excluding hydrogens is 428 g/mol. The van der Waals surface area contributed by atoms with E-state index in [4.69, 9.17) is 9.98 Å². The Morgan fingerprint density at radius 1 is 0.829 bits per heavy atom. The Balaban J connectivity index is 1.82. The van der Waals surface area contributed by atoms with Crippen LogP contribution in [0.2, 0.25) is 0 Å². The van der Waals surface area contributed by atoms with Crippen molar-refractivity contribution in [3.8, 4) is 0 Å². The van der Waals surface area contributed by atoms with E-state index in [2.05, 4.69) is 54.5 Å². The molecule has 0 saturated heterocycles. The van der Waals surface area contributed by atoms with E-state index in [1.54, 1.807) is 0 Å². The summed E-state index contributed by atoms with van der Waals surface area (Å²) in [7, 11) is 1.89. The van der Waals surface area contributed by atoms with E-state index in [0.717, 1.165) is 51.1 Å². The number of rotatable bonds is 6. The lowest BCUT2D eigenvalue weighted by Crippen LogP contribution is -2.21. The molecule has 0 amide bonds. The molecule has 0 spiro atoms. The van der Waals surface area contributed by atoms with E-state index in [1.165, 1.54) is 0 Å². The SMILES string of the molecule is C\C=C(/C=C(CC)\N=C(/N=C(\NC)c1ccccc1)c1ccccc1)c1ccnc2ccccc12. The summed E-state index contributed by atoms with van der Waals surface area (Å²) < 4.78 is 0. The molecule has 0 radical (unpaired) electrons. The number of para-hydroxylation sites is 1. The number of benzene rings is 3. The molecule has 0 aliphatic rings. The van der Waals surface area contributed by atoms with Crippen LogP contribution in [0.1, 0.15) is 37.0 Å². The Morgan fingerprint density at radius 2 is 1.49 bits per heavy atom. The smallest absolute Gasteiger partial charge is 0.161 e. The van der Waals surface area contributed by atoms with Gasteiger partial charge in [-0.05, 0) is 42.7 Å². The molecule has 4 heteroatoms. The molecule has 4 rings (SSSR count). The maximum atomic E-state index is 5.07. The molecular formula is C31H30N4. The zero-order valence-electron chi connectivity index (χ0n) is 20.4. The number of pyridine rings is 1. The van der Waals surface area contributed by atoms with Crippen LogP contribution in [-0.4, -0.2) is 23.7 Å². The van der Waals surface area contributed by atoms with Gasteiger partial charge in [0, 0.05) is 35.5 Å². The summed E-state index contributed by atoms with van der Waals surface area (Å²) in [6, 6.07) is 30.5. The van der Waals surface area contributed by atoms with Crippen LogP contribution in [0.5, 0.6) is 0 Å². The van der Waals surface area contributed by atoms with E-state index in [9.17, 15) is 0 Å². The minimum absolute atomic E-state index is 0.668. The number of allylic oxidation sites excluding steroid dienone is 4. The molecule has 0 aliphatic heterocycles. The standard InChI is InChI=1S/C31H30N4/c1-4-23(27-20-21-33-29-19-13-12-18-28(27)29)22-26(5-2)34-31(25-16-10-7-11-17-25)35-30(32-3)24-14-8-6-9-15-24/h4,6-22H,5H2,1-3H3,(H,32,34,35)/b23-4+,26-22-. The number of nitrogens with one attached hydrogen (secondary N) is 1. The third kappa shape index (κ3) is 5.79. The maximum Gasteiger partial charge on any atom is 0.161 e. The third-order valence-electron chi connectivity index (χ3n) is 5.74. The first-order valence-corrected chi connectivity index (χ1v) is 11.9. The Hall–Kier alpha value is -4.31. The van der Waals surface area contributed by atoms with Crippen molar-refractivity contribution in [1.82, 2.24) is 10.3 Å². The van der Waals surface area contributed by atoms with Crippen molar-refractivity contribution >= 4 is 28.1 Å². The molecule has 1 heterocycles. The first-order valence-electron chi connectivity index (χ1n) is 11.9. The van der Waals surface area contributed by atoms with Crippen LogP contribution in [0.3, 0.4) is 0 Å². The fourth-order valence-corrected chi connectivity index (χ4v) is 3.90. The minimum Gasteiger partial charge on any atom is -0.373 e. The molecule has 0 atom stereocenters. The lowest BCUT2D eigenvalue weighted by Gasteiger charge is -2.11. The monoisotopic (exact) mass is 458 g/mol. The Morgan fingerprint density at radius 3 is 2.14 bits per heavy atom. The van der Waals surface area contributed by atoms with Crippen LogP contribution in [0.4, 0.5) is 0 Å². The number of amidine groups is 2. The zero-order chi connectivity index (χ0) is 24.5. The van der Waals surface area contributed by atoms with Crippen LogP contribution in [0.25, 0.3) is 16.5 Å². The third-order valence-corrected chi connectivity index (χ3v) is 5.74. The van der Waals surface area contributed by atoms with Gasteiger partial charge in [-0.25, -0.2) is 9.98 Å². The highest BCUT2D eigenvalue weighted by molar-refractivity contribution is 6.11. The Bertz CT molecular complexity index is 1390. The Labute approximate surface area is 207 Å². The first-order chi connectivity index (χ1) is 17.2. The van der Waals surface area contributed by atoms with E-state index >= 15 is 0 Å². The summed E-state index contributed by atoms with van der Waals surface area (Å²) in [5.74, 6) is 1.44. The number of nitrogens with zero attached hydrogens (tertiary/aromatic N) is 3. The van der Waals surface area contributed by atoms with Crippen molar-refractivity contribution in [2.45, 2.75) is 20.3 Å². The van der Waals surface area contributed by atoms with Gasteiger partial charge < -0.3 is 5.32 Å². The van der Waals surface area contributed by atoms with Gasteiger partial charge in [0.1, 0.15) is 5.84 Å². The van der Waals surface area contributed by atoms with E-state index in [-0.39, 0.29) is 0 Å². The largest absolute Gasteiger partial charge is 0.373 e. The van der Waals surface area contributed by atoms with Gasteiger partial charge in [0.25, 0.3) is 0 Å². The van der Waals surface area contributed by atoms with Crippen LogP contribution in [0, 0.1) is 0 Å². The summed E-state index contributed by atoms with van der Waals surface area (Å²) in [4.78, 5) is 14.5. The van der Waals surface area contributed by atoms with Crippen molar-refractivity contribution in [2.75, 3.05) is 7.05 Å². The first kappa shape index (κ1) is 23.8. The number of fused-ring (bicyclic) bond motifs is 1. The molecule has 1 aromatic heterocycles. The van der Waals surface area contributed by atoms with Gasteiger partial charge in [-0.1, -0.05) is 91.9 Å². The second-order valence-electron chi connectivity index (χ2n) is 7.99. The average molecular weight is 459 g/mol. The number of aliphatic imine (C=N–C) groups is 2. The van der Waals surface area contributed by atoms with Gasteiger partial charge >= 0.3 is 0 Å². The van der Waals surface area contributed by atoms with E-state index in [1.807, 2.05) is 86.0 Å². The van der Waals surface area contributed by atoms with Crippen molar-refractivity contribution in [3.05, 3.63) is 132 Å². The van der Waals surface area contributed by atoms with E-state index < -0.39 is 0 Å². The predicted octanol–water partition coefficient (Wildman–Crippen LogP) is 7.05. The Kier molecular flexibility index (Phi) is 7.97. The number of aromatic nitrogens is 1. The molecule has 4 aromatic rings. The van der Waals surface area contributed by atoms with Crippen molar-refractivity contribution in [3.63, 3.8) is 0 Å². The van der Waals surface area contributed by atoms with Gasteiger partial charge in [-0.15, -0.1) is 0 Å². The van der Waals surface area contributed by atoms with Crippen LogP contribution in [-0.2, 0) is 0 Å². The molecule has 0 aliphatic carbocycles. The highest BCUT2D eigenvalue weighted by atomic mass is 15.0. The van der Waals surface area contributed by atoms with Gasteiger partial charge in [-0.2, -0.15) is 0 Å². The molecule has 0 bridgehead atoms. The molecule has 0 saturated carbocycles. The predicted molar refractivity (Wildman–Crippen MR) is 149 cm³/mol. The van der Waals surface area contributed by atoms with Crippen molar-refractivity contribution in [1.29, 1.82) is 0 Å². The zero-order valence-corrected chi connectivity index (χ0v) is 20.4. The molecule has 35 heavy (non-hydrogen) atoms. The van der Waals surface area contributed by atoms with Gasteiger partial charge in [-0.3, -0.25) is 4.98 Å². The summed E-state index contributed by atoms with van der Waals surface area (Å²) in [5.41, 5.74) is 6.16. The second-order valence-corrected chi connectivity index (χ2v) is 7.99. The lowest BCUT2D eigenvalue weighted by molar-refractivity contribution is 1.06. The molecule has 0 unspecified atom stereocenters. The van der Waals surface area contributed by atoms with Crippen LogP contribution >= 0.6 is 0 Å². The molecule has 1 N–H and O–H groups in total. The highest BCUT2D eigenvalue weighted by Crippen LogP contribution is 2.26. The summed E-state index contributed by atoms with van der Waals surface area (Å²) in [6.45, 7) is 4.18. The molecule has 3 aromatic carbocycles. The molecule has 0 fully saturated rings. The number of hydrogen-bond donors (Lipinski definition) is 1. The highest BCUT2D eigenvalue weighted by Gasteiger charge is 2.09. The van der Waals surface area contributed by atoms with Gasteiger partial charge in [0.05, 0.1) is 5.52 Å². The van der Waals surface area contributed by atoms with Gasteiger partial charge in [0.2, 0.25) is 0 Å². The fraction of sp³-hybridized carbons (Fsp3) is 0.129. The molecule has 4 nitrogen and oxygen atoms in total. The number of hydrogen-bond acceptors (Lipinski definition) is 2. The van der Waals surface area contributed by atoms with Crippen molar-refractivity contribution in [2.24, 2.45) is 9.98 Å². The molecule has 174 valence electrons. The van der Waals surface area contributed by atoms with Gasteiger partial charge in [0.15, 0.2) is 5.84 Å². The maximum absolute atomic E-state index is 5.07. The van der Waals surface area contributed by atoms with E-state index in [0.29, 0.717) is 5.84 Å². The summed E-state index contributed by atoms with van der Waals surface area (Å²) >= 11 is 0. The summed E-state index contributed by atoms with van der Waals surface area (Å²) in [6.07, 6.45) is 6.91. The van der Waals surface area contributed by atoms with Crippen LogP contribution < -0.4 is 5.32 Å².